The molecular weight excluding hydrogens is 332 g/mol. The Kier molecular flexibility index (Phi) is 12.0. The Morgan fingerprint density at radius 1 is 0.962 bits per heavy atom. The molecule has 5 heteroatoms. The van der Waals surface area contributed by atoms with Crippen LogP contribution < -0.4 is 4.74 Å². The Hall–Kier alpha value is -2.04. The third-order valence-corrected chi connectivity index (χ3v) is 4.18. The van der Waals surface area contributed by atoms with Crippen LogP contribution in [0.5, 0.6) is 5.75 Å². The summed E-state index contributed by atoms with van der Waals surface area (Å²) in [7, 11) is 0. The van der Waals surface area contributed by atoms with E-state index in [-0.39, 0.29) is 6.42 Å². The summed E-state index contributed by atoms with van der Waals surface area (Å²) in [5.74, 6) is -0.862. The van der Waals surface area contributed by atoms with Crippen molar-refractivity contribution in [2.75, 3.05) is 13.2 Å². The van der Waals surface area contributed by atoms with Gasteiger partial charge in [0, 0.05) is 6.42 Å². The van der Waals surface area contributed by atoms with Crippen molar-refractivity contribution in [3.8, 4) is 5.75 Å². The van der Waals surface area contributed by atoms with E-state index in [9.17, 15) is 9.59 Å². The van der Waals surface area contributed by atoms with Gasteiger partial charge in [0.2, 0.25) is 0 Å². The summed E-state index contributed by atoms with van der Waals surface area (Å²) in [6, 6.07) is 7.65. The number of carbonyl (C=O) groups is 2. The zero-order valence-corrected chi connectivity index (χ0v) is 15.9. The highest BCUT2D eigenvalue weighted by Gasteiger charge is 2.09. The second-order valence-corrected chi connectivity index (χ2v) is 6.49. The first-order valence-electron chi connectivity index (χ1n) is 9.71. The van der Waals surface area contributed by atoms with Crippen molar-refractivity contribution in [2.24, 2.45) is 0 Å². The van der Waals surface area contributed by atoms with E-state index in [1.54, 1.807) is 0 Å². The fourth-order valence-electron chi connectivity index (χ4n) is 2.72. The van der Waals surface area contributed by atoms with Gasteiger partial charge >= 0.3 is 11.9 Å². The molecule has 0 fully saturated rings. The number of aliphatic carboxylic acids is 1. The number of benzene rings is 1. The molecule has 0 unspecified atom stereocenters. The summed E-state index contributed by atoms with van der Waals surface area (Å²) in [5, 5.41) is 8.51. The van der Waals surface area contributed by atoms with Crippen molar-refractivity contribution in [3.63, 3.8) is 0 Å². The molecule has 0 saturated heterocycles. The lowest BCUT2D eigenvalue weighted by Gasteiger charge is -2.11. The molecule has 0 radical (unpaired) electrons. The van der Waals surface area contributed by atoms with Crippen LogP contribution in [0.3, 0.4) is 0 Å². The third-order valence-electron chi connectivity index (χ3n) is 4.18. The molecule has 0 heterocycles. The molecule has 0 aliphatic carbocycles. The first-order valence-corrected chi connectivity index (χ1v) is 9.71. The molecule has 1 aromatic carbocycles. The van der Waals surface area contributed by atoms with Gasteiger partial charge in [-0.15, -0.1) is 0 Å². The molecule has 0 amide bonds. The number of esters is 1. The molecule has 146 valence electrons. The predicted molar refractivity (Wildman–Crippen MR) is 101 cm³/mol. The van der Waals surface area contributed by atoms with Crippen LogP contribution >= 0.6 is 0 Å². The van der Waals surface area contributed by atoms with Crippen LogP contribution in [0.1, 0.15) is 70.3 Å². The minimum absolute atomic E-state index is 0.144. The highest BCUT2D eigenvalue weighted by atomic mass is 16.5. The molecule has 0 spiro atoms. The van der Waals surface area contributed by atoms with E-state index in [1.165, 1.54) is 44.9 Å². The highest BCUT2D eigenvalue weighted by molar-refractivity contribution is 5.75. The van der Waals surface area contributed by atoms with Gasteiger partial charge in [-0.05, 0) is 24.5 Å². The molecule has 1 rings (SSSR count). The van der Waals surface area contributed by atoms with E-state index >= 15 is 0 Å². The van der Waals surface area contributed by atoms with Crippen LogP contribution in [0.15, 0.2) is 24.3 Å². The molecule has 5 nitrogen and oxygen atoms in total. The maximum absolute atomic E-state index is 11.5. The number of hydrogen-bond acceptors (Lipinski definition) is 4. The number of rotatable bonds is 15. The van der Waals surface area contributed by atoms with Crippen LogP contribution in [0.25, 0.3) is 0 Å². The van der Waals surface area contributed by atoms with Crippen molar-refractivity contribution < 1.29 is 24.2 Å². The third kappa shape index (κ3) is 10.7. The number of carbonyl (C=O) groups excluding carboxylic acids is 1. The summed E-state index contributed by atoms with van der Waals surface area (Å²) in [6.07, 6.45) is 10.7. The van der Waals surface area contributed by atoms with Gasteiger partial charge in [0.1, 0.15) is 5.75 Å². The fraction of sp³-hybridized carbons (Fsp3) is 0.619. The zero-order chi connectivity index (χ0) is 19.0. The summed E-state index contributed by atoms with van der Waals surface area (Å²) >= 11 is 0. The van der Waals surface area contributed by atoms with Gasteiger partial charge in [0.25, 0.3) is 0 Å². The molecule has 1 aromatic rings. The Bertz CT molecular complexity index is 527. The molecule has 1 N–H and O–H groups in total. The standard InChI is InChI=1S/C21H32O5/c1-2-3-4-5-6-7-8-11-16-25-19-13-10-9-12-18(19)14-15-21(24)26-17-20(22)23/h9-10,12-13H,2-8,11,14-17H2,1H3,(H,22,23). The van der Waals surface area contributed by atoms with Gasteiger partial charge in [0.05, 0.1) is 6.61 Å². The maximum Gasteiger partial charge on any atom is 0.341 e. The molecule has 0 bridgehead atoms. The van der Waals surface area contributed by atoms with Gasteiger partial charge in [0.15, 0.2) is 6.61 Å². The SMILES string of the molecule is CCCCCCCCCCOc1ccccc1CCC(=O)OCC(=O)O. The lowest BCUT2D eigenvalue weighted by molar-refractivity contribution is -0.155. The summed E-state index contributed by atoms with van der Waals surface area (Å²) in [4.78, 5) is 21.9. The summed E-state index contributed by atoms with van der Waals surface area (Å²) in [5.41, 5.74) is 0.944. The molecule has 0 saturated carbocycles. The summed E-state index contributed by atoms with van der Waals surface area (Å²) < 4.78 is 10.5. The second-order valence-electron chi connectivity index (χ2n) is 6.49. The van der Waals surface area contributed by atoms with E-state index in [2.05, 4.69) is 11.7 Å². The summed E-state index contributed by atoms with van der Waals surface area (Å²) in [6.45, 7) is 2.32. The van der Waals surface area contributed by atoms with Crippen molar-refractivity contribution in [1.82, 2.24) is 0 Å². The molecule has 0 aromatic heterocycles. The van der Waals surface area contributed by atoms with E-state index in [4.69, 9.17) is 9.84 Å². The molecule has 26 heavy (non-hydrogen) atoms. The lowest BCUT2D eigenvalue weighted by Crippen LogP contribution is -2.13. The lowest BCUT2D eigenvalue weighted by atomic mass is 10.1. The number of carboxylic acid groups (broad SMARTS) is 1. The number of ether oxygens (including phenoxy) is 2. The van der Waals surface area contributed by atoms with Gasteiger partial charge in [-0.1, -0.05) is 70.1 Å². The molecule has 0 atom stereocenters. The zero-order valence-electron chi connectivity index (χ0n) is 15.9. The van der Waals surface area contributed by atoms with E-state index in [0.717, 1.165) is 17.7 Å². The van der Waals surface area contributed by atoms with Gasteiger partial charge in [-0.25, -0.2) is 4.79 Å². The smallest absolute Gasteiger partial charge is 0.341 e. The van der Waals surface area contributed by atoms with Crippen molar-refractivity contribution >= 4 is 11.9 Å². The maximum atomic E-state index is 11.5. The van der Waals surface area contributed by atoms with Crippen LogP contribution in [-0.2, 0) is 20.7 Å². The number of aryl methyl sites for hydroxylation is 1. The quantitative estimate of drug-likeness (QED) is 0.358. The highest BCUT2D eigenvalue weighted by Crippen LogP contribution is 2.20. The normalized spacial score (nSPS) is 10.5. The topological polar surface area (TPSA) is 72.8 Å². The minimum Gasteiger partial charge on any atom is -0.493 e. The van der Waals surface area contributed by atoms with E-state index < -0.39 is 18.5 Å². The number of para-hydroxylation sites is 1. The van der Waals surface area contributed by atoms with Crippen LogP contribution in [0, 0.1) is 0 Å². The van der Waals surface area contributed by atoms with Crippen molar-refractivity contribution in [1.29, 1.82) is 0 Å². The number of carboxylic acids is 1. The van der Waals surface area contributed by atoms with Gasteiger partial charge < -0.3 is 14.6 Å². The Labute approximate surface area is 156 Å². The van der Waals surface area contributed by atoms with Gasteiger partial charge in [-0.3, -0.25) is 4.79 Å². The molecular formula is C21H32O5. The number of hydrogen-bond donors (Lipinski definition) is 1. The van der Waals surface area contributed by atoms with Crippen molar-refractivity contribution in [3.05, 3.63) is 29.8 Å². The Morgan fingerprint density at radius 2 is 1.62 bits per heavy atom. The first-order chi connectivity index (χ1) is 12.6. The first kappa shape index (κ1) is 22.0. The largest absolute Gasteiger partial charge is 0.493 e. The Morgan fingerprint density at radius 3 is 2.31 bits per heavy atom. The van der Waals surface area contributed by atoms with Gasteiger partial charge in [-0.2, -0.15) is 0 Å². The Balaban J connectivity index is 2.22. The molecule has 0 aliphatic heterocycles. The monoisotopic (exact) mass is 364 g/mol. The minimum atomic E-state index is -1.15. The van der Waals surface area contributed by atoms with Crippen LogP contribution in [0.2, 0.25) is 0 Å². The predicted octanol–water partition coefficient (Wildman–Crippen LogP) is 4.77. The average Bonchev–Trinajstić information content (AvgIpc) is 2.64. The number of unbranched alkanes of at least 4 members (excludes halogenated alkanes) is 7. The second kappa shape index (κ2) is 14.2. The fourth-order valence-corrected chi connectivity index (χ4v) is 2.72. The molecule has 0 aliphatic rings. The van der Waals surface area contributed by atoms with Crippen molar-refractivity contribution in [2.45, 2.75) is 71.1 Å². The van der Waals surface area contributed by atoms with Crippen LogP contribution in [-0.4, -0.2) is 30.3 Å². The average molecular weight is 364 g/mol. The van der Waals surface area contributed by atoms with Crippen LogP contribution in [0.4, 0.5) is 0 Å². The van der Waals surface area contributed by atoms with E-state index in [1.807, 2.05) is 24.3 Å². The van der Waals surface area contributed by atoms with E-state index in [0.29, 0.717) is 13.0 Å².